The Balaban J connectivity index is 1.96. The number of para-hydroxylation sites is 1. The summed E-state index contributed by atoms with van der Waals surface area (Å²) < 4.78 is 0. The number of hydrogen-bond acceptors (Lipinski definition) is 4. The average Bonchev–Trinajstić information content (AvgIpc) is 2.65. The normalized spacial score (nSPS) is 13.9. The van der Waals surface area contributed by atoms with Crippen LogP contribution in [0.5, 0.6) is 0 Å². The Kier molecular flexibility index (Phi) is 6.79. The molecule has 3 nitrogen and oxygen atoms in total. The Labute approximate surface area is 173 Å². The molecule has 1 unspecified atom stereocenters. The van der Waals surface area contributed by atoms with Crippen LogP contribution >= 0.6 is 24.0 Å². The fraction of sp³-hybridized carbons (Fsp3) is 0.409. The number of fused-ring (bicyclic) bond motifs is 2. The Bertz CT molecular complexity index is 804. The van der Waals surface area contributed by atoms with Crippen LogP contribution in [0.3, 0.4) is 0 Å². The van der Waals surface area contributed by atoms with Crippen molar-refractivity contribution in [2.24, 2.45) is 0 Å². The van der Waals surface area contributed by atoms with Crippen LogP contribution in [-0.2, 0) is 0 Å². The summed E-state index contributed by atoms with van der Waals surface area (Å²) in [5.41, 5.74) is 3.64. The van der Waals surface area contributed by atoms with Gasteiger partial charge in [-0.05, 0) is 51.7 Å². The van der Waals surface area contributed by atoms with E-state index in [9.17, 15) is 0 Å². The quantitative estimate of drug-likeness (QED) is 0.501. The summed E-state index contributed by atoms with van der Waals surface area (Å²) in [7, 11) is 4.26. The highest BCUT2D eigenvalue weighted by atomic mass is 32.2. The van der Waals surface area contributed by atoms with Crippen molar-refractivity contribution in [1.82, 2.24) is 10.2 Å². The van der Waals surface area contributed by atoms with Crippen molar-refractivity contribution in [3.8, 4) is 0 Å². The van der Waals surface area contributed by atoms with Crippen molar-refractivity contribution in [2.75, 3.05) is 32.1 Å². The second-order valence-electron chi connectivity index (χ2n) is 7.34. The predicted octanol–water partition coefficient (Wildman–Crippen LogP) is 5.30. The molecule has 0 aliphatic carbocycles. The zero-order chi connectivity index (χ0) is 19.4. The molecular weight excluding hydrogens is 370 g/mol. The molecule has 1 aliphatic heterocycles. The number of rotatable bonds is 7. The first kappa shape index (κ1) is 20.2. The summed E-state index contributed by atoms with van der Waals surface area (Å²) in [6, 6.07) is 15.7. The van der Waals surface area contributed by atoms with E-state index in [1.54, 1.807) is 0 Å². The average molecular weight is 400 g/mol. The maximum atomic E-state index is 5.65. The van der Waals surface area contributed by atoms with Crippen LogP contribution in [0.4, 0.5) is 11.4 Å². The van der Waals surface area contributed by atoms with Gasteiger partial charge >= 0.3 is 0 Å². The van der Waals surface area contributed by atoms with Gasteiger partial charge in [0.1, 0.15) is 4.99 Å². The predicted molar refractivity (Wildman–Crippen MR) is 122 cm³/mol. The molecule has 1 aliphatic rings. The van der Waals surface area contributed by atoms with E-state index in [4.69, 9.17) is 12.2 Å². The van der Waals surface area contributed by atoms with Gasteiger partial charge in [0.15, 0.2) is 0 Å². The van der Waals surface area contributed by atoms with E-state index >= 15 is 0 Å². The van der Waals surface area contributed by atoms with Crippen molar-refractivity contribution in [2.45, 2.75) is 42.5 Å². The smallest absolute Gasteiger partial charge is 0.106 e. The van der Waals surface area contributed by atoms with E-state index in [-0.39, 0.29) is 0 Å². The molecule has 0 bridgehead atoms. The lowest BCUT2D eigenvalue weighted by molar-refractivity contribution is 0.380. The zero-order valence-corrected chi connectivity index (χ0v) is 18.3. The number of benzene rings is 2. The SMILES string of the molecule is CCCCNC(=S)c1ccc2c(c1)N(C(C)CN(C)C)c1ccccc1S2. The molecule has 0 aromatic heterocycles. The summed E-state index contributed by atoms with van der Waals surface area (Å²) in [4.78, 5) is 8.16. The van der Waals surface area contributed by atoms with Gasteiger partial charge in [0.25, 0.3) is 0 Å². The molecule has 1 atom stereocenters. The lowest BCUT2D eigenvalue weighted by Gasteiger charge is -2.38. The number of hydrogen-bond donors (Lipinski definition) is 1. The molecule has 0 amide bonds. The number of anilines is 2. The molecule has 0 saturated heterocycles. The second-order valence-corrected chi connectivity index (χ2v) is 8.84. The summed E-state index contributed by atoms with van der Waals surface area (Å²) in [6.45, 7) is 6.41. The minimum atomic E-state index is 0.359. The van der Waals surface area contributed by atoms with Crippen LogP contribution < -0.4 is 10.2 Å². The number of nitrogens with zero attached hydrogens (tertiary/aromatic N) is 2. The molecule has 2 aromatic carbocycles. The highest BCUT2D eigenvalue weighted by molar-refractivity contribution is 7.99. The van der Waals surface area contributed by atoms with Crippen LogP contribution in [0.25, 0.3) is 0 Å². The number of likely N-dealkylation sites (N-methyl/N-ethyl adjacent to an activating group) is 1. The van der Waals surface area contributed by atoms with Crippen molar-refractivity contribution in [3.05, 3.63) is 48.0 Å². The molecule has 144 valence electrons. The summed E-state index contributed by atoms with van der Waals surface area (Å²) in [5, 5.41) is 3.40. The first-order valence-corrected chi connectivity index (χ1v) is 10.9. The van der Waals surface area contributed by atoms with Crippen LogP contribution in [-0.4, -0.2) is 43.1 Å². The van der Waals surface area contributed by atoms with Gasteiger partial charge in [-0.15, -0.1) is 0 Å². The third-order valence-electron chi connectivity index (χ3n) is 4.71. The molecule has 27 heavy (non-hydrogen) atoms. The van der Waals surface area contributed by atoms with E-state index in [0.29, 0.717) is 6.04 Å². The fourth-order valence-electron chi connectivity index (χ4n) is 3.49. The van der Waals surface area contributed by atoms with E-state index in [2.05, 4.69) is 85.5 Å². The third-order valence-corrected chi connectivity index (χ3v) is 6.22. The van der Waals surface area contributed by atoms with E-state index in [1.807, 2.05) is 11.8 Å². The molecular formula is C22H29N3S2. The lowest BCUT2D eigenvalue weighted by atomic mass is 10.1. The van der Waals surface area contributed by atoms with Crippen molar-refractivity contribution in [3.63, 3.8) is 0 Å². The molecule has 0 fully saturated rings. The third kappa shape index (κ3) is 4.65. The van der Waals surface area contributed by atoms with Crippen LogP contribution in [0.15, 0.2) is 52.3 Å². The second kappa shape index (κ2) is 9.09. The van der Waals surface area contributed by atoms with Crippen LogP contribution in [0.1, 0.15) is 32.3 Å². The largest absolute Gasteiger partial charge is 0.376 e. The molecule has 2 aromatic rings. The molecule has 0 spiro atoms. The lowest BCUT2D eigenvalue weighted by Crippen LogP contribution is -2.38. The van der Waals surface area contributed by atoms with Crippen molar-refractivity contribution >= 4 is 40.3 Å². The monoisotopic (exact) mass is 399 g/mol. The Morgan fingerprint density at radius 2 is 1.89 bits per heavy atom. The Hall–Kier alpha value is -1.56. The fourth-order valence-corrected chi connectivity index (χ4v) is 4.77. The van der Waals surface area contributed by atoms with Gasteiger partial charge in [-0.25, -0.2) is 0 Å². The van der Waals surface area contributed by atoms with Crippen LogP contribution in [0.2, 0.25) is 0 Å². The van der Waals surface area contributed by atoms with Crippen molar-refractivity contribution < 1.29 is 0 Å². The first-order chi connectivity index (χ1) is 13.0. The summed E-state index contributed by atoms with van der Waals surface area (Å²) in [5.74, 6) is 0. The van der Waals surface area contributed by atoms with Gasteiger partial charge in [0, 0.05) is 34.5 Å². The van der Waals surface area contributed by atoms with E-state index in [1.165, 1.54) is 27.6 Å². The van der Waals surface area contributed by atoms with Gasteiger partial charge in [-0.2, -0.15) is 0 Å². The minimum Gasteiger partial charge on any atom is -0.376 e. The van der Waals surface area contributed by atoms with Gasteiger partial charge in [-0.1, -0.05) is 55.5 Å². The molecule has 0 radical (unpaired) electrons. The van der Waals surface area contributed by atoms with Crippen LogP contribution in [0, 0.1) is 0 Å². The highest BCUT2D eigenvalue weighted by Gasteiger charge is 2.27. The number of nitrogens with one attached hydrogen (secondary N) is 1. The van der Waals surface area contributed by atoms with E-state index in [0.717, 1.165) is 30.1 Å². The molecule has 1 N–H and O–H groups in total. The maximum absolute atomic E-state index is 5.65. The zero-order valence-electron chi connectivity index (χ0n) is 16.7. The minimum absolute atomic E-state index is 0.359. The molecule has 1 heterocycles. The van der Waals surface area contributed by atoms with E-state index < -0.39 is 0 Å². The Morgan fingerprint density at radius 1 is 1.15 bits per heavy atom. The van der Waals surface area contributed by atoms with Gasteiger partial charge in [-0.3, -0.25) is 0 Å². The summed E-state index contributed by atoms with van der Waals surface area (Å²) >= 11 is 7.49. The van der Waals surface area contributed by atoms with Gasteiger partial charge in [0.05, 0.1) is 11.4 Å². The van der Waals surface area contributed by atoms with Gasteiger partial charge in [0.2, 0.25) is 0 Å². The standard InChI is InChI=1S/C22H29N3S2/c1-5-6-13-23-22(26)17-11-12-21-19(14-17)25(16(2)15-24(3)4)18-9-7-8-10-20(18)27-21/h7-12,14,16H,5-6,13,15H2,1-4H3,(H,23,26). The molecule has 3 rings (SSSR count). The van der Waals surface area contributed by atoms with Gasteiger partial charge < -0.3 is 15.1 Å². The number of thiocarbonyl (C=S) groups is 1. The maximum Gasteiger partial charge on any atom is 0.106 e. The first-order valence-electron chi connectivity index (χ1n) is 9.64. The molecule has 0 saturated carbocycles. The molecule has 5 heteroatoms. The Morgan fingerprint density at radius 3 is 2.63 bits per heavy atom. The van der Waals surface area contributed by atoms with Crippen molar-refractivity contribution in [1.29, 1.82) is 0 Å². The topological polar surface area (TPSA) is 18.5 Å². The number of unbranched alkanes of at least 4 members (excludes halogenated alkanes) is 1. The highest BCUT2D eigenvalue weighted by Crippen LogP contribution is 2.49. The summed E-state index contributed by atoms with van der Waals surface area (Å²) in [6.07, 6.45) is 2.31.